The highest BCUT2D eigenvalue weighted by Gasteiger charge is 2.30. The number of aliphatic carboxylic acids is 1. The summed E-state index contributed by atoms with van der Waals surface area (Å²) in [4.78, 5) is 24.2. The van der Waals surface area contributed by atoms with Gasteiger partial charge in [-0.25, -0.2) is 4.39 Å². The first-order valence-corrected chi connectivity index (χ1v) is 6.85. The summed E-state index contributed by atoms with van der Waals surface area (Å²) in [5.74, 6) is -1.70. The van der Waals surface area contributed by atoms with Gasteiger partial charge in [0.15, 0.2) is 6.61 Å². The van der Waals surface area contributed by atoms with Crippen molar-refractivity contribution in [1.82, 2.24) is 4.90 Å². The van der Waals surface area contributed by atoms with Crippen molar-refractivity contribution in [2.45, 2.75) is 6.42 Å². The van der Waals surface area contributed by atoms with E-state index >= 15 is 0 Å². The van der Waals surface area contributed by atoms with Crippen LogP contribution in [0.4, 0.5) is 4.39 Å². The van der Waals surface area contributed by atoms with Crippen LogP contribution in [0.3, 0.4) is 0 Å². The van der Waals surface area contributed by atoms with Gasteiger partial charge < -0.3 is 14.7 Å². The van der Waals surface area contributed by atoms with Crippen LogP contribution in [-0.2, 0) is 9.59 Å². The Kier molecular flexibility index (Phi) is 4.59. The second-order valence-electron chi connectivity index (χ2n) is 4.53. The van der Waals surface area contributed by atoms with Gasteiger partial charge in [0.05, 0.1) is 10.4 Å². The molecule has 0 spiro atoms. The molecule has 0 saturated carbocycles. The van der Waals surface area contributed by atoms with Gasteiger partial charge in [0, 0.05) is 13.1 Å². The average molecular weight is 346 g/mol. The average Bonchev–Trinajstić information content (AvgIpc) is 2.87. The molecule has 1 unspecified atom stereocenters. The minimum Gasteiger partial charge on any atom is -0.483 e. The Labute approximate surface area is 123 Å². The lowest BCUT2D eigenvalue weighted by molar-refractivity contribution is -0.141. The standard InChI is InChI=1S/C13H13BrFNO4/c14-10-5-9(15)1-2-11(10)20-7-12(17)16-4-3-8(6-16)13(18)19/h1-2,5,8H,3-4,6-7H2,(H,18,19). The summed E-state index contributed by atoms with van der Waals surface area (Å²) in [6.45, 7) is 0.433. The molecule has 1 aliphatic rings. The Morgan fingerprint density at radius 1 is 1.50 bits per heavy atom. The molecule has 0 aliphatic carbocycles. The van der Waals surface area contributed by atoms with Gasteiger partial charge in [0.1, 0.15) is 11.6 Å². The van der Waals surface area contributed by atoms with Gasteiger partial charge in [-0.05, 0) is 40.5 Å². The Morgan fingerprint density at radius 2 is 2.25 bits per heavy atom. The Morgan fingerprint density at radius 3 is 2.85 bits per heavy atom. The van der Waals surface area contributed by atoms with Crippen LogP contribution in [0.25, 0.3) is 0 Å². The lowest BCUT2D eigenvalue weighted by atomic mass is 10.1. The maximum absolute atomic E-state index is 12.9. The number of likely N-dealkylation sites (tertiary alicyclic amines) is 1. The second kappa shape index (κ2) is 6.21. The van der Waals surface area contributed by atoms with Gasteiger partial charge in [-0.1, -0.05) is 0 Å². The van der Waals surface area contributed by atoms with Crippen molar-refractivity contribution in [2.24, 2.45) is 5.92 Å². The quantitative estimate of drug-likeness (QED) is 0.904. The zero-order valence-corrected chi connectivity index (χ0v) is 12.1. The van der Waals surface area contributed by atoms with Crippen molar-refractivity contribution in [3.63, 3.8) is 0 Å². The molecule has 0 bridgehead atoms. The third-order valence-corrected chi connectivity index (χ3v) is 3.75. The van der Waals surface area contributed by atoms with Crippen molar-refractivity contribution in [3.05, 3.63) is 28.5 Å². The lowest BCUT2D eigenvalue weighted by Crippen LogP contribution is -2.33. The number of carboxylic acid groups (broad SMARTS) is 1. The van der Waals surface area contributed by atoms with E-state index in [1.807, 2.05) is 0 Å². The molecule has 1 aromatic rings. The van der Waals surface area contributed by atoms with E-state index in [0.29, 0.717) is 23.2 Å². The van der Waals surface area contributed by atoms with E-state index in [0.717, 1.165) is 0 Å². The summed E-state index contributed by atoms with van der Waals surface area (Å²) in [6, 6.07) is 3.91. The number of benzene rings is 1. The van der Waals surface area contributed by atoms with Crippen molar-refractivity contribution in [3.8, 4) is 5.75 Å². The van der Waals surface area contributed by atoms with Crippen molar-refractivity contribution < 1.29 is 23.8 Å². The van der Waals surface area contributed by atoms with Crippen LogP contribution in [0.15, 0.2) is 22.7 Å². The van der Waals surface area contributed by atoms with E-state index in [1.165, 1.54) is 23.1 Å². The summed E-state index contributed by atoms with van der Waals surface area (Å²) in [7, 11) is 0. The number of ether oxygens (including phenoxy) is 1. The number of rotatable bonds is 4. The van der Waals surface area contributed by atoms with E-state index in [2.05, 4.69) is 15.9 Å². The van der Waals surface area contributed by atoms with Crippen molar-refractivity contribution in [1.29, 1.82) is 0 Å². The molecule has 108 valence electrons. The molecular formula is C13H13BrFNO4. The SMILES string of the molecule is O=C(O)C1CCN(C(=O)COc2ccc(F)cc2Br)C1. The molecule has 1 N–H and O–H groups in total. The minimum atomic E-state index is -0.887. The molecular weight excluding hydrogens is 333 g/mol. The zero-order chi connectivity index (χ0) is 14.7. The van der Waals surface area contributed by atoms with Gasteiger partial charge in [-0.3, -0.25) is 9.59 Å². The predicted molar refractivity (Wildman–Crippen MR) is 71.9 cm³/mol. The highest BCUT2D eigenvalue weighted by Crippen LogP contribution is 2.25. The van der Waals surface area contributed by atoms with Crippen LogP contribution in [0.5, 0.6) is 5.75 Å². The smallest absolute Gasteiger partial charge is 0.308 e. The first-order chi connectivity index (χ1) is 9.47. The Hall–Kier alpha value is -1.63. The van der Waals surface area contributed by atoms with Crippen LogP contribution in [0.1, 0.15) is 6.42 Å². The molecule has 1 heterocycles. The van der Waals surface area contributed by atoms with Crippen LogP contribution in [0, 0.1) is 11.7 Å². The van der Waals surface area contributed by atoms with Crippen LogP contribution >= 0.6 is 15.9 Å². The van der Waals surface area contributed by atoms with E-state index in [9.17, 15) is 14.0 Å². The van der Waals surface area contributed by atoms with Gasteiger partial charge in [-0.15, -0.1) is 0 Å². The molecule has 2 rings (SSSR count). The fraction of sp³-hybridized carbons (Fsp3) is 0.385. The van der Waals surface area contributed by atoms with Crippen molar-refractivity contribution >= 4 is 27.8 Å². The van der Waals surface area contributed by atoms with Crippen LogP contribution in [-0.4, -0.2) is 41.6 Å². The monoisotopic (exact) mass is 345 g/mol. The number of nitrogens with zero attached hydrogens (tertiary/aromatic N) is 1. The maximum atomic E-state index is 12.9. The molecule has 1 amide bonds. The number of amides is 1. The number of hydrogen-bond acceptors (Lipinski definition) is 3. The Balaban J connectivity index is 1.88. The molecule has 5 nitrogen and oxygen atoms in total. The molecule has 20 heavy (non-hydrogen) atoms. The fourth-order valence-corrected chi connectivity index (χ4v) is 2.48. The predicted octanol–water partition coefficient (Wildman–Crippen LogP) is 1.90. The minimum absolute atomic E-state index is 0.198. The summed E-state index contributed by atoms with van der Waals surface area (Å²) < 4.78 is 18.6. The first kappa shape index (κ1) is 14.8. The summed E-state index contributed by atoms with van der Waals surface area (Å²) >= 11 is 3.14. The molecule has 0 aromatic heterocycles. The highest BCUT2D eigenvalue weighted by atomic mass is 79.9. The summed E-state index contributed by atoms with van der Waals surface area (Å²) in [6.07, 6.45) is 0.460. The number of hydrogen-bond donors (Lipinski definition) is 1. The van der Waals surface area contributed by atoms with Crippen LogP contribution < -0.4 is 4.74 Å². The van der Waals surface area contributed by atoms with Gasteiger partial charge in [0.25, 0.3) is 5.91 Å². The molecule has 7 heteroatoms. The van der Waals surface area contributed by atoms with Crippen LogP contribution in [0.2, 0.25) is 0 Å². The van der Waals surface area contributed by atoms with Gasteiger partial charge in [-0.2, -0.15) is 0 Å². The normalized spacial score (nSPS) is 18.1. The highest BCUT2D eigenvalue weighted by molar-refractivity contribution is 9.10. The maximum Gasteiger partial charge on any atom is 0.308 e. The van der Waals surface area contributed by atoms with E-state index in [-0.39, 0.29) is 19.1 Å². The van der Waals surface area contributed by atoms with Gasteiger partial charge >= 0.3 is 5.97 Å². The molecule has 1 saturated heterocycles. The summed E-state index contributed by atoms with van der Waals surface area (Å²) in [5.41, 5.74) is 0. The topological polar surface area (TPSA) is 66.8 Å². The number of carbonyl (C=O) groups is 2. The number of halogens is 2. The third kappa shape index (κ3) is 3.47. The zero-order valence-electron chi connectivity index (χ0n) is 10.5. The molecule has 1 atom stereocenters. The number of carboxylic acids is 1. The molecule has 0 radical (unpaired) electrons. The third-order valence-electron chi connectivity index (χ3n) is 3.14. The Bertz CT molecular complexity index is 537. The van der Waals surface area contributed by atoms with Crippen molar-refractivity contribution in [2.75, 3.05) is 19.7 Å². The molecule has 1 aromatic carbocycles. The van der Waals surface area contributed by atoms with E-state index in [1.54, 1.807) is 0 Å². The largest absolute Gasteiger partial charge is 0.483 e. The summed E-state index contributed by atoms with van der Waals surface area (Å²) in [5, 5.41) is 8.87. The van der Waals surface area contributed by atoms with E-state index in [4.69, 9.17) is 9.84 Å². The lowest BCUT2D eigenvalue weighted by Gasteiger charge is -2.16. The second-order valence-corrected chi connectivity index (χ2v) is 5.38. The van der Waals surface area contributed by atoms with E-state index < -0.39 is 17.7 Å². The van der Waals surface area contributed by atoms with Gasteiger partial charge in [0.2, 0.25) is 0 Å². The number of carbonyl (C=O) groups excluding carboxylic acids is 1. The molecule has 1 fully saturated rings. The first-order valence-electron chi connectivity index (χ1n) is 6.06. The fourth-order valence-electron chi connectivity index (χ4n) is 2.01. The molecule has 1 aliphatic heterocycles.